The van der Waals surface area contributed by atoms with Crippen LogP contribution in [0.2, 0.25) is 0 Å². The van der Waals surface area contributed by atoms with Crippen molar-refractivity contribution in [1.29, 1.82) is 5.26 Å². The number of hydrogen-bond acceptors (Lipinski definition) is 6. The van der Waals surface area contributed by atoms with Crippen molar-refractivity contribution in [3.05, 3.63) is 21.8 Å². The van der Waals surface area contributed by atoms with Crippen molar-refractivity contribution in [3.8, 4) is 6.07 Å². The fraction of sp³-hybridized carbons (Fsp3) is 0.588. The Bertz CT molecular complexity index is 806. The topological polar surface area (TPSA) is 76.0 Å². The minimum atomic E-state index is -0.0396. The van der Waals surface area contributed by atoms with E-state index in [4.69, 9.17) is 5.26 Å². The molecular weight excluding hydrogens is 322 g/mol. The normalized spacial score (nSPS) is 25.7. The van der Waals surface area contributed by atoms with Crippen LogP contribution in [0.3, 0.4) is 0 Å². The average Bonchev–Trinajstić information content (AvgIpc) is 3.11. The summed E-state index contributed by atoms with van der Waals surface area (Å²) in [5, 5.41) is 10.9. The maximum absolute atomic E-state index is 12.1. The Hall–Kier alpha value is -1.91. The van der Waals surface area contributed by atoms with Crippen molar-refractivity contribution in [2.75, 3.05) is 31.1 Å². The summed E-state index contributed by atoms with van der Waals surface area (Å²) in [5.74, 6) is 0.952. The van der Waals surface area contributed by atoms with Crippen LogP contribution in [0.1, 0.15) is 25.7 Å². The molecule has 0 atom stereocenters. The van der Waals surface area contributed by atoms with Crippen molar-refractivity contribution in [2.45, 2.75) is 31.7 Å². The highest BCUT2D eigenvalue weighted by molar-refractivity contribution is 7.17. The Balaban J connectivity index is 1.40. The lowest BCUT2D eigenvalue weighted by Crippen LogP contribution is -2.51. The van der Waals surface area contributed by atoms with Gasteiger partial charge in [-0.05, 0) is 37.1 Å². The molecule has 3 heterocycles. The Kier molecular flexibility index (Phi) is 4.25. The molecule has 1 aliphatic heterocycles. The van der Waals surface area contributed by atoms with Gasteiger partial charge in [0.25, 0.3) is 5.56 Å². The third-order valence-electron chi connectivity index (χ3n) is 5.31. The van der Waals surface area contributed by atoms with E-state index in [2.05, 4.69) is 25.8 Å². The number of nitriles is 1. The van der Waals surface area contributed by atoms with E-state index >= 15 is 0 Å². The van der Waals surface area contributed by atoms with E-state index in [0.29, 0.717) is 16.7 Å². The molecule has 0 radical (unpaired) electrons. The molecule has 24 heavy (non-hydrogen) atoms. The second-order valence-electron chi connectivity index (χ2n) is 6.68. The second kappa shape index (κ2) is 6.54. The van der Waals surface area contributed by atoms with Gasteiger partial charge in [-0.15, -0.1) is 11.3 Å². The van der Waals surface area contributed by atoms with E-state index in [1.54, 1.807) is 0 Å². The Morgan fingerprint density at radius 1 is 1.21 bits per heavy atom. The molecule has 1 saturated carbocycles. The molecule has 1 N–H and O–H groups in total. The van der Waals surface area contributed by atoms with E-state index in [1.165, 1.54) is 11.3 Å². The molecule has 0 spiro atoms. The summed E-state index contributed by atoms with van der Waals surface area (Å²) in [6.45, 7) is 3.76. The molecule has 2 aromatic heterocycles. The first kappa shape index (κ1) is 15.6. The number of H-pyrrole nitrogens is 1. The summed E-state index contributed by atoms with van der Waals surface area (Å²) < 4.78 is 0.701. The summed E-state index contributed by atoms with van der Waals surface area (Å²) in [7, 11) is 0. The predicted molar refractivity (Wildman–Crippen MR) is 95.4 cm³/mol. The van der Waals surface area contributed by atoms with Crippen LogP contribution in [0.5, 0.6) is 0 Å². The molecule has 0 bridgehead atoms. The molecule has 2 aromatic rings. The van der Waals surface area contributed by atoms with Gasteiger partial charge in [0.15, 0.2) is 0 Å². The fourth-order valence-corrected chi connectivity index (χ4v) is 4.61. The Morgan fingerprint density at radius 2 is 1.96 bits per heavy atom. The lowest BCUT2D eigenvalue weighted by atomic mass is 9.86. The molecule has 0 aromatic carbocycles. The lowest BCUT2D eigenvalue weighted by molar-refractivity contribution is 0.138. The number of aromatic nitrogens is 2. The van der Waals surface area contributed by atoms with E-state index in [1.807, 2.05) is 11.4 Å². The molecule has 6 nitrogen and oxygen atoms in total. The van der Waals surface area contributed by atoms with Gasteiger partial charge in [-0.3, -0.25) is 14.7 Å². The molecule has 2 fully saturated rings. The zero-order chi connectivity index (χ0) is 16.5. The fourth-order valence-electron chi connectivity index (χ4n) is 3.88. The zero-order valence-corrected chi connectivity index (χ0v) is 14.4. The highest BCUT2D eigenvalue weighted by Crippen LogP contribution is 2.28. The number of piperazine rings is 1. The largest absolute Gasteiger partial charge is 0.340 e. The van der Waals surface area contributed by atoms with Gasteiger partial charge in [0.2, 0.25) is 5.95 Å². The number of anilines is 1. The maximum atomic E-state index is 12.1. The van der Waals surface area contributed by atoms with E-state index < -0.39 is 0 Å². The highest BCUT2D eigenvalue weighted by atomic mass is 32.1. The highest BCUT2D eigenvalue weighted by Gasteiger charge is 2.28. The van der Waals surface area contributed by atoms with Crippen LogP contribution < -0.4 is 10.5 Å². The first-order valence-corrected chi connectivity index (χ1v) is 9.48. The molecule has 4 rings (SSSR count). The number of hydrogen-bond donors (Lipinski definition) is 1. The van der Waals surface area contributed by atoms with Crippen LogP contribution in [-0.4, -0.2) is 47.1 Å². The molecule has 2 aliphatic rings. The molecule has 7 heteroatoms. The van der Waals surface area contributed by atoms with Gasteiger partial charge in [0.1, 0.15) is 4.70 Å². The van der Waals surface area contributed by atoms with E-state index in [0.717, 1.165) is 57.4 Å². The quantitative estimate of drug-likeness (QED) is 0.904. The molecule has 0 unspecified atom stereocenters. The summed E-state index contributed by atoms with van der Waals surface area (Å²) in [4.78, 5) is 24.4. The molecule has 1 aliphatic carbocycles. The van der Waals surface area contributed by atoms with Gasteiger partial charge in [-0.1, -0.05) is 0 Å². The predicted octanol–water partition coefficient (Wildman–Crippen LogP) is 2.19. The minimum absolute atomic E-state index is 0.0396. The Labute approximate surface area is 144 Å². The van der Waals surface area contributed by atoms with Gasteiger partial charge in [0.05, 0.1) is 11.6 Å². The van der Waals surface area contributed by atoms with Gasteiger partial charge in [0, 0.05) is 38.1 Å². The third-order valence-corrected chi connectivity index (χ3v) is 6.21. The van der Waals surface area contributed by atoms with Crippen LogP contribution in [0.4, 0.5) is 5.95 Å². The number of aromatic amines is 1. The summed E-state index contributed by atoms with van der Waals surface area (Å²) in [5.41, 5.74) is 0.748. The van der Waals surface area contributed by atoms with Gasteiger partial charge in [-0.25, -0.2) is 4.98 Å². The molecule has 126 valence electrons. The molecule has 0 amide bonds. The second-order valence-corrected chi connectivity index (χ2v) is 7.60. The number of thiophene rings is 1. The molecule has 1 saturated heterocycles. The van der Waals surface area contributed by atoms with Crippen molar-refractivity contribution in [3.63, 3.8) is 0 Å². The van der Waals surface area contributed by atoms with Gasteiger partial charge in [-0.2, -0.15) is 5.26 Å². The summed E-state index contributed by atoms with van der Waals surface area (Å²) >= 11 is 1.43. The van der Waals surface area contributed by atoms with Gasteiger partial charge >= 0.3 is 0 Å². The van der Waals surface area contributed by atoms with Crippen molar-refractivity contribution < 1.29 is 0 Å². The van der Waals surface area contributed by atoms with Crippen molar-refractivity contribution >= 4 is 27.5 Å². The molecular formula is C17H21N5OS. The van der Waals surface area contributed by atoms with Crippen LogP contribution >= 0.6 is 11.3 Å². The van der Waals surface area contributed by atoms with E-state index in [9.17, 15) is 4.79 Å². The first-order chi connectivity index (χ1) is 11.7. The number of nitrogens with zero attached hydrogens (tertiary/aromatic N) is 4. The SMILES string of the molecule is N#CC1CCC(N2CCN(c3nc4ccsc4c(=O)[nH]3)CC2)CC1. The minimum Gasteiger partial charge on any atom is -0.340 e. The number of nitrogens with one attached hydrogen (secondary N) is 1. The van der Waals surface area contributed by atoms with Crippen LogP contribution in [0.15, 0.2) is 16.2 Å². The van der Waals surface area contributed by atoms with Crippen molar-refractivity contribution in [1.82, 2.24) is 14.9 Å². The monoisotopic (exact) mass is 343 g/mol. The average molecular weight is 343 g/mol. The lowest BCUT2D eigenvalue weighted by Gasteiger charge is -2.41. The first-order valence-electron chi connectivity index (χ1n) is 8.61. The summed E-state index contributed by atoms with van der Waals surface area (Å²) in [6, 6.07) is 4.93. The van der Waals surface area contributed by atoms with E-state index in [-0.39, 0.29) is 11.5 Å². The number of rotatable bonds is 2. The number of fused-ring (bicyclic) bond motifs is 1. The standard InChI is InChI=1S/C17H21N5OS/c18-11-12-1-3-13(4-2-12)21-6-8-22(9-7-21)17-19-14-5-10-24-15(14)16(23)20-17/h5,10,12-13H,1-4,6-9H2,(H,19,20,23). The smallest absolute Gasteiger partial charge is 0.270 e. The zero-order valence-electron chi connectivity index (χ0n) is 13.6. The van der Waals surface area contributed by atoms with Crippen molar-refractivity contribution in [2.24, 2.45) is 5.92 Å². The van der Waals surface area contributed by atoms with Crippen LogP contribution in [0, 0.1) is 17.2 Å². The Morgan fingerprint density at radius 3 is 2.67 bits per heavy atom. The maximum Gasteiger partial charge on any atom is 0.270 e. The third kappa shape index (κ3) is 2.92. The summed E-state index contributed by atoms with van der Waals surface area (Å²) in [6.07, 6.45) is 4.33. The van der Waals surface area contributed by atoms with Crippen LogP contribution in [0.25, 0.3) is 10.2 Å². The van der Waals surface area contributed by atoms with Crippen LogP contribution in [-0.2, 0) is 0 Å². The van der Waals surface area contributed by atoms with Gasteiger partial charge < -0.3 is 4.90 Å².